The Bertz CT molecular complexity index is 774. The molecular weight excluding hydrogens is 444 g/mol. The van der Waals surface area contributed by atoms with Crippen molar-refractivity contribution in [2.24, 2.45) is 11.8 Å². The minimum absolute atomic E-state index is 0.0598. The molecule has 4 nitrogen and oxygen atoms in total. The molecule has 0 radical (unpaired) electrons. The van der Waals surface area contributed by atoms with E-state index in [2.05, 4.69) is 38.1 Å². The summed E-state index contributed by atoms with van der Waals surface area (Å²) in [5.74, 6) is 0.627. The van der Waals surface area contributed by atoms with Crippen molar-refractivity contribution in [2.75, 3.05) is 5.75 Å². The SMILES string of the molecule is CCCC[C@@H](C)C[C@H](O)/C=C/[C@@H]1C(SCCCCCC(=O)O)=C(CCc2ccccc2)C[C@H]1O. The lowest BCUT2D eigenvalue weighted by Crippen LogP contribution is -2.15. The topological polar surface area (TPSA) is 77.8 Å². The van der Waals surface area contributed by atoms with Gasteiger partial charge in [-0.25, -0.2) is 0 Å². The Morgan fingerprint density at radius 3 is 2.62 bits per heavy atom. The van der Waals surface area contributed by atoms with Gasteiger partial charge in [-0.1, -0.05) is 87.6 Å². The molecular formula is C29H44O4S. The zero-order valence-corrected chi connectivity index (χ0v) is 21.8. The molecule has 4 atom stereocenters. The molecule has 2 rings (SSSR count). The summed E-state index contributed by atoms with van der Waals surface area (Å²) >= 11 is 1.81. The Balaban J connectivity index is 2.01. The van der Waals surface area contributed by atoms with Crippen molar-refractivity contribution in [1.82, 2.24) is 0 Å². The Hall–Kier alpha value is -1.56. The lowest BCUT2D eigenvalue weighted by Gasteiger charge is -2.17. The molecule has 0 aliphatic heterocycles. The Kier molecular flexibility index (Phi) is 13.6. The van der Waals surface area contributed by atoms with Gasteiger partial charge in [0.2, 0.25) is 0 Å². The number of carbonyl (C=O) groups is 1. The van der Waals surface area contributed by atoms with Crippen LogP contribution in [0.2, 0.25) is 0 Å². The molecule has 0 saturated heterocycles. The molecule has 1 aromatic carbocycles. The number of hydrogen-bond donors (Lipinski definition) is 3. The number of aliphatic hydroxyl groups excluding tert-OH is 2. The smallest absolute Gasteiger partial charge is 0.303 e. The molecule has 0 saturated carbocycles. The van der Waals surface area contributed by atoms with E-state index in [-0.39, 0.29) is 12.3 Å². The van der Waals surface area contributed by atoms with E-state index in [1.165, 1.54) is 28.9 Å². The first-order valence-electron chi connectivity index (χ1n) is 13.1. The largest absolute Gasteiger partial charge is 0.481 e. The standard InChI is InChI=1S/C29H44O4S/c1-3-4-11-22(2)20-25(30)17-18-26-27(31)21-24(16-15-23-12-7-5-8-13-23)29(26)34-19-10-6-9-14-28(32)33/h5,7-8,12-13,17-18,22,25-27,30-31H,3-4,6,9-11,14-16,19-21H2,1-2H3,(H,32,33)/b18-17+/t22-,25-,26+,27-/m1/s1. The quantitative estimate of drug-likeness (QED) is 0.167. The van der Waals surface area contributed by atoms with Crippen LogP contribution in [0.3, 0.4) is 0 Å². The summed E-state index contributed by atoms with van der Waals surface area (Å²) in [5.41, 5.74) is 2.63. The second-order valence-electron chi connectivity index (χ2n) is 9.74. The molecule has 0 fully saturated rings. The van der Waals surface area contributed by atoms with Crippen LogP contribution in [0.15, 0.2) is 53.0 Å². The van der Waals surface area contributed by atoms with E-state index in [1.54, 1.807) is 0 Å². The van der Waals surface area contributed by atoms with E-state index in [0.717, 1.165) is 44.3 Å². The van der Waals surface area contributed by atoms with Crippen LogP contribution >= 0.6 is 11.8 Å². The zero-order chi connectivity index (χ0) is 24.8. The number of aliphatic carboxylic acids is 1. The predicted octanol–water partition coefficient (Wildman–Crippen LogP) is 6.77. The van der Waals surface area contributed by atoms with Gasteiger partial charge >= 0.3 is 5.97 Å². The zero-order valence-electron chi connectivity index (χ0n) is 21.0. The number of aryl methyl sites for hydroxylation is 1. The van der Waals surface area contributed by atoms with E-state index < -0.39 is 18.2 Å². The maximum Gasteiger partial charge on any atom is 0.303 e. The van der Waals surface area contributed by atoms with Crippen molar-refractivity contribution >= 4 is 17.7 Å². The lowest BCUT2D eigenvalue weighted by atomic mass is 9.96. The summed E-state index contributed by atoms with van der Waals surface area (Å²) in [6, 6.07) is 10.5. The van der Waals surface area contributed by atoms with Crippen LogP contribution in [-0.4, -0.2) is 39.2 Å². The highest BCUT2D eigenvalue weighted by atomic mass is 32.2. The molecule has 34 heavy (non-hydrogen) atoms. The van der Waals surface area contributed by atoms with Crippen LogP contribution in [0.25, 0.3) is 0 Å². The van der Waals surface area contributed by atoms with Crippen molar-refractivity contribution in [2.45, 2.75) is 96.7 Å². The summed E-state index contributed by atoms with van der Waals surface area (Å²) in [5, 5.41) is 30.3. The highest BCUT2D eigenvalue weighted by molar-refractivity contribution is 8.03. The van der Waals surface area contributed by atoms with E-state index >= 15 is 0 Å². The van der Waals surface area contributed by atoms with Crippen LogP contribution in [0, 0.1) is 11.8 Å². The Morgan fingerprint density at radius 2 is 1.91 bits per heavy atom. The molecule has 0 aromatic heterocycles. The second kappa shape index (κ2) is 16.2. The fourth-order valence-electron chi connectivity index (χ4n) is 4.62. The summed E-state index contributed by atoms with van der Waals surface area (Å²) < 4.78 is 0. The normalized spacial score (nSPS) is 20.2. The van der Waals surface area contributed by atoms with Crippen LogP contribution in [0.5, 0.6) is 0 Å². The molecule has 1 aliphatic rings. The molecule has 0 spiro atoms. The van der Waals surface area contributed by atoms with E-state index in [1.807, 2.05) is 30.0 Å². The fraction of sp³-hybridized carbons (Fsp3) is 0.621. The number of unbranched alkanes of at least 4 members (excludes halogenated alkanes) is 3. The first-order chi connectivity index (χ1) is 16.4. The van der Waals surface area contributed by atoms with Crippen LogP contribution in [-0.2, 0) is 11.2 Å². The van der Waals surface area contributed by atoms with E-state index in [4.69, 9.17) is 5.11 Å². The monoisotopic (exact) mass is 488 g/mol. The fourth-order valence-corrected chi connectivity index (χ4v) is 6.00. The Morgan fingerprint density at radius 1 is 1.15 bits per heavy atom. The highest BCUT2D eigenvalue weighted by Crippen LogP contribution is 2.42. The molecule has 0 unspecified atom stereocenters. The van der Waals surface area contributed by atoms with Crippen LogP contribution < -0.4 is 0 Å². The van der Waals surface area contributed by atoms with Crippen LogP contribution in [0.4, 0.5) is 0 Å². The van der Waals surface area contributed by atoms with E-state index in [0.29, 0.717) is 18.8 Å². The third-order valence-corrected chi connectivity index (χ3v) is 7.97. The number of benzene rings is 1. The van der Waals surface area contributed by atoms with Gasteiger partial charge in [-0.2, -0.15) is 0 Å². The third kappa shape index (κ3) is 10.8. The first-order valence-corrected chi connectivity index (χ1v) is 14.0. The van der Waals surface area contributed by atoms with Gasteiger partial charge in [-0.3, -0.25) is 4.79 Å². The maximum atomic E-state index is 10.9. The predicted molar refractivity (Wildman–Crippen MR) is 143 cm³/mol. The molecule has 0 amide bonds. The van der Waals surface area contributed by atoms with E-state index in [9.17, 15) is 15.0 Å². The highest BCUT2D eigenvalue weighted by Gasteiger charge is 2.31. The van der Waals surface area contributed by atoms with Gasteiger partial charge in [0.1, 0.15) is 0 Å². The number of rotatable bonds is 17. The van der Waals surface area contributed by atoms with Crippen molar-refractivity contribution in [3.63, 3.8) is 0 Å². The van der Waals surface area contributed by atoms with Crippen molar-refractivity contribution in [3.05, 3.63) is 58.5 Å². The molecule has 1 aliphatic carbocycles. The van der Waals surface area contributed by atoms with Gasteiger partial charge in [0.15, 0.2) is 0 Å². The van der Waals surface area contributed by atoms with Crippen molar-refractivity contribution in [1.29, 1.82) is 0 Å². The van der Waals surface area contributed by atoms with Crippen molar-refractivity contribution < 1.29 is 20.1 Å². The summed E-state index contributed by atoms with van der Waals surface area (Å²) in [7, 11) is 0. The summed E-state index contributed by atoms with van der Waals surface area (Å²) in [6.45, 7) is 4.39. The molecule has 1 aromatic rings. The Labute approximate surface area is 210 Å². The van der Waals surface area contributed by atoms with Gasteiger partial charge in [0, 0.05) is 12.3 Å². The number of aliphatic hydroxyl groups is 2. The molecule has 3 N–H and O–H groups in total. The molecule has 5 heteroatoms. The minimum atomic E-state index is -0.731. The van der Waals surface area contributed by atoms with Gasteiger partial charge in [-0.05, 0) is 60.7 Å². The number of carboxylic acids is 1. The van der Waals surface area contributed by atoms with Crippen LogP contribution in [0.1, 0.15) is 83.6 Å². The molecule has 0 heterocycles. The number of thioether (sulfide) groups is 1. The third-order valence-electron chi connectivity index (χ3n) is 6.61. The van der Waals surface area contributed by atoms with Crippen molar-refractivity contribution in [3.8, 4) is 0 Å². The first kappa shape index (κ1) is 28.7. The minimum Gasteiger partial charge on any atom is -0.481 e. The van der Waals surface area contributed by atoms with Gasteiger partial charge in [0.05, 0.1) is 12.2 Å². The molecule has 0 bridgehead atoms. The average Bonchev–Trinajstić information content (AvgIpc) is 3.11. The lowest BCUT2D eigenvalue weighted by molar-refractivity contribution is -0.137. The number of carboxylic acid groups (broad SMARTS) is 1. The average molecular weight is 489 g/mol. The summed E-state index contributed by atoms with van der Waals surface area (Å²) in [4.78, 5) is 12.0. The van der Waals surface area contributed by atoms with Gasteiger partial charge < -0.3 is 15.3 Å². The maximum absolute atomic E-state index is 10.9. The second-order valence-corrected chi connectivity index (χ2v) is 10.9. The molecule has 190 valence electrons. The van der Waals surface area contributed by atoms with Gasteiger partial charge in [-0.15, -0.1) is 11.8 Å². The number of hydrogen-bond acceptors (Lipinski definition) is 4. The van der Waals surface area contributed by atoms with Gasteiger partial charge in [0.25, 0.3) is 0 Å². The summed E-state index contributed by atoms with van der Waals surface area (Å²) in [6.07, 6.45) is 12.7.